The standard InChI is InChI=1S/C21H26N2O4/c1-15(2)18-10-9-16(3)13-20(18)27-12-11-26-19-8-6-5-7-17(19)14-22-23-21(24)25-4/h5-10,13-15H,11-12H2,1-4H3,(H,23,24)/b22-14-. The molecule has 0 radical (unpaired) electrons. The first-order valence-electron chi connectivity index (χ1n) is 8.83. The lowest BCUT2D eigenvalue weighted by Crippen LogP contribution is -2.17. The van der Waals surface area contributed by atoms with Crippen LogP contribution in [0.5, 0.6) is 11.5 Å². The normalized spacial score (nSPS) is 10.9. The van der Waals surface area contributed by atoms with Crippen molar-refractivity contribution in [3.8, 4) is 11.5 Å². The summed E-state index contributed by atoms with van der Waals surface area (Å²) in [5, 5.41) is 3.83. The monoisotopic (exact) mass is 370 g/mol. The number of hydrogen-bond acceptors (Lipinski definition) is 5. The lowest BCUT2D eigenvalue weighted by molar-refractivity contribution is 0.171. The van der Waals surface area contributed by atoms with E-state index in [-0.39, 0.29) is 0 Å². The van der Waals surface area contributed by atoms with Gasteiger partial charge in [-0.05, 0) is 42.2 Å². The molecule has 0 aliphatic rings. The van der Waals surface area contributed by atoms with Gasteiger partial charge in [-0.15, -0.1) is 0 Å². The van der Waals surface area contributed by atoms with Gasteiger partial charge in [0.05, 0.1) is 13.3 Å². The van der Waals surface area contributed by atoms with Crippen molar-refractivity contribution in [2.75, 3.05) is 20.3 Å². The summed E-state index contributed by atoms with van der Waals surface area (Å²) in [5.41, 5.74) is 5.33. The van der Waals surface area contributed by atoms with E-state index in [0.29, 0.717) is 24.9 Å². The second-order valence-electron chi connectivity index (χ2n) is 6.29. The molecule has 0 spiro atoms. The number of para-hydroxylation sites is 1. The molecule has 0 fully saturated rings. The highest BCUT2D eigenvalue weighted by Crippen LogP contribution is 2.27. The van der Waals surface area contributed by atoms with Crippen LogP contribution in [0.4, 0.5) is 4.79 Å². The van der Waals surface area contributed by atoms with E-state index in [4.69, 9.17) is 9.47 Å². The number of nitrogens with one attached hydrogen (secondary N) is 1. The van der Waals surface area contributed by atoms with Gasteiger partial charge >= 0.3 is 6.09 Å². The fourth-order valence-electron chi connectivity index (χ4n) is 2.47. The first kappa shape index (κ1) is 20.3. The van der Waals surface area contributed by atoms with E-state index in [1.165, 1.54) is 18.9 Å². The third-order valence-electron chi connectivity index (χ3n) is 3.85. The summed E-state index contributed by atoms with van der Waals surface area (Å²) in [6, 6.07) is 13.7. The molecule has 6 nitrogen and oxygen atoms in total. The number of carbonyl (C=O) groups excluding carboxylic acids is 1. The van der Waals surface area contributed by atoms with Crippen LogP contribution in [0.25, 0.3) is 0 Å². The number of nitrogens with zero attached hydrogens (tertiary/aromatic N) is 1. The SMILES string of the molecule is COC(=O)N/N=C\c1ccccc1OCCOc1cc(C)ccc1C(C)C. The Morgan fingerprint density at radius 1 is 1.11 bits per heavy atom. The molecule has 27 heavy (non-hydrogen) atoms. The molecular weight excluding hydrogens is 344 g/mol. The van der Waals surface area contributed by atoms with E-state index >= 15 is 0 Å². The van der Waals surface area contributed by atoms with Gasteiger partial charge < -0.3 is 14.2 Å². The molecule has 0 unspecified atom stereocenters. The molecule has 0 saturated heterocycles. The van der Waals surface area contributed by atoms with Crippen LogP contribution in [0, 0.1) is 6.92 Å². The average molecular weight is 370 g/mol. The van der Waals surface area contributed by atoms with Crippen LogP contribution >= 0.6 is 0 Å². The molecule has 1 amide bonds. The summed E-state index contributed by atoms with van der Waals surface area (Å²) < 4.78 is 16.2. The maximum atomic E-state index is 11.0. The van der Waals surface area contributed by atoms with Crippen LogP contribution in [0.3, 0.4) is 0 Å². The molecule has 6 heteroatoms. The van der Waals surface area contributed by atoms with Gasteiger partial charge in [0, 0.05) is 5.56 Å². The van der Waals surface area contributed by atoms with Crippen molar-refractivity contribution in [3.05, 3.63) is 59.2 Å². The summed E-state index contributed by atoms with van der Waals surface area (Å²) in [6.07, 6.45) is 0.877. The van der Waals surface area contributed by atoms with E-state index < -0.39 is 6.09 Å². The topological polar surface area (TPSA) is 69.2 Å². The van der Waals surface area contributed by atoms with Crippen molar-refractivity contribution in [1.82, 2.24) is 5.43 Å². The van der Waals surface area contributed by atoms with Crippen molar-refractivity contribution in [3.63, 3.8) is 0 Å². The van der Waals surface area contributed by atoms with Gasteiger partial charge in [0.15, 0.2) is 0 Å². The predicted octanol–water partition coefficient (Wildman–Crippen LogP) is 4.27. The molecule has 0 aromatic heterocycles. The van der Waals surface area contributed by atoms with E-state index in [1.807, 2.05) is 31.2 Å². The minimum Gasteiger partial charge on any atom is -0.490 e. The molecule has 0 aliphatic heterocycles. The Balaban J connectivity index is 1.93. The van der Waals surface area contributed by atoms with Crippen LogP contribution in [-0.2, 0) is 4.74 Å². The van der Waals surface area contributed by atoms with Crippen molar-refractivity contribution >= 4 is 12.3 Å². The van der Waals surface area contributed by atoms with Gasteiger partial charge in [0.2, 0.25) is 0 Å². The number of hydrogen-bond donors (Lipinski definition) is 1. The predicted molar refractivity (Wildman–Crippen MR) is 106 cm³/mol. The highest BCUT2D eigenvalue weighted by atomic mass is 16.5. The van der Waals surface area contributed by atoms with Crippen LogP contribution in [0.15, 0.2) is 47.6 Å². The van der Waals surface area contributed by atoms with Gasteiger partial charge in [0.1, 0.15) is 24.7 Å². The second-order valence-corrected chi connectivity index (χ2v) is 6.29. The van der Waals surface area contributed by atoms with E-state index in [0.717, 1.165) is 16.9 Å². The Bertz CT molecular complexity index is 788. The third-order valence-corrected chi connectivity index (χ3v) is 3.85. The molecule has 0 saturated carbocycles. The van der Waals surface area contributed by atoms with E-state index in [2.05, 4.69) is 47.3 Å². The maximum Gasteiger partial charge on any atom is 0.427 e. The molecular formula is C21H26N2O4. The number of amides is 1. The fraction of sp³-hybridized carbons (Fsp3) is 0.333. The van der Waals surface area contributed by atoms with Crippen molar-refractivity contribution < 1.29 is 19.0 Å². The number of rotatable bonds is 8. The molecule has 144 valence electrons. The average Bonchev–Trinajstić information content (AvgIpc) is 2.66. The van der Waals surface area contributed by atoms with Gasteiger partial charge in [-0.2, -0.15) is 5.10 Å². The highest BCUT2D eigenvalue weighted by Gasteiger charge is 2.08. The third kappa shape index (κ3) is 6.33. The molecule has 2 rings (SSSR count). The smallest absolute Gasteiger partial charge is 0.427 e. The van der Waals surface area contributed by atoms with Crippen LogP contribution in [0.2, 0.25) is 0 Å². The van der Waals surface area contributed by atoms with E-state index in [1.54, 1.807) is 0 Å². The number of benzene rings is 2. The Morgan fingerprint density at radius 2 is 1.81 bits per heavy atom. The van der Waals surface area contributed by atoms with E-state index in [9.17, 15) is 4.79 Å². The number of carbonyl (C=O) groups is 1. The summed E-state index contributed by atoms with van der Waals surface area (Å²) in [6.45, 7) is 7.15. The van der Waals surface area contributed by atoms with Gasteiger partial charge in [-0.25, -0.2) is 10.2 Å². The Labute approximate surface area is 160 Å². The maximum absolute atomic E-state index is 11.0. The highest BCUT2D eigenvalue weighted by molar-refractivity contribution is 5.84. The van der Waals surface area contributed by atoms with Gasteiger partial charge in [0.25, 0.3) is 0 Å². The number of methoxy groups -OCH3 is 1. The van der Waals surface area contributed by atoms with Gasteiger partial charge in [-0.1, -0.05) is 38.1 Å². The second kappa shape index (κ2) is 10.2. The Kier molecular flexibility index (Phi) is 7.67. The quantitative estimate of drug-likeness (QED) is 0.428. The number of hydrazone groups is 1. The molecule has 0 atom stereocenters. The summed E-state index contributed by atoms with van der Waals surface area (Å²) >= 11 is 0. The lowest BCUT2D eigenvalue weighted by Gasteiger charge is -2.15. The first-order chi connectivity index (χ1) is 13.0. The zero-order chi connectivity index (χ0) is 19.6. The Hall–Kier alpha value is -3.02. The number of aryl methyl sites for hydroxylation is 1. The summed E-state index contributed by atoms with van der Waals surface area (Å²) in [7, 11) is 1.28. The van der Waals surface area contributed by atoms with Gasteiger partial charge in [-0.3, -0.25) is 0 Å². The molecule has 2 aromatic carbocycles. The first-order valence-corrected chi connectivity index (χ1v) is 8.83. The summed E-state index contributed by atoms with van der Waals surface area (Å²) in [4.78, 5) is 11.0. The van der Waals surface area contributed by atoms with Crippen LogP contribution in [-0.4, -0.2) is 32.6 Å². The zero-order valence-corrected chi connectivity index (χ0v) is 16.2. The number of ether oxygens (including phenoxy) is 3. The largest absolute Gasteiger partial charge is 0.490 e. The molecule has 2 aromatic rings. The van der Waals surface area contributed by atoms with Crippen molar-refractivity contribution in [2.24, 2.45) is 5.10 Å². The molecule has 0 aliphatic carbocycles. The Morgan fingerprint density at radius 3 is 2.52 bits per heavy atom. The van der Waals surface area contributed by atoms with Crippen LogP contribution < -0.4 is 14.9 Å². The minimum atomic E-state index is -0.628. The van der Waals surface area contributed by atoms with Crippen molar-refractivity contribution in [1.29, 1.82) is 0 Å². The zero-order valence-electron chi connectivity index (χ0n) is 16.2. The molecule has 1 N–H and O–H groups in total. The summed E-state index contributed by atoms with van der Waals surface area (Å²) in [5.74, 6) is 1.94. The van der Waals surface area contributed by atoms with Crippen molar-refractivity contribution in [2.45, 2.75) is 26.7 Å². The lowest BCUT2D eigenvalue weighted by atomic mass is 10.0. The minimum absolute atomic E-state index is 0.390. The molecule has 0 bridgehead atoms. The van der Waals surface area contributed by atoms with Crippen LogP contribution in [0.1, 0.15) is 36.5 Å². The molecule has 0 heterocycles. The fourth-order valence-corrected chi connectivity index (χ4v) is 2.47.